The van der Waals surface area contributed by atoms with Gasteiger partial charge >= 0.3 is 0 Å². The molecule has 9 rings (SSSR count). The average Bonchev–Trinajstić information content (AvgIpc) is 3.17. The maximum absolute atomic E-state index is 5.36. The zero-order chi connectivity index (χ0) is 31.9. The van der Waals surface area contributed by atoms with E-state index in [0.29, 0.717) is 0 Å². The number of hydrogen-bond donors (Lipinski definition) is 0. The van der Waals surface area contributed by atoms with Crippen molar-refractivity contribution in [3.8, 4) is 55.8 Å². The fourth-order valence-electron chi connectivity index (χ4n) is 7.29. The average molecular weight is 610 g/mol. The third kappa shape index (κ3) is 4.76. The molecule has 0 N–H and O–H groups in total. The largest absolute Gasteiger partial charge is 0.247 e. The van der Waals surface area contributed by atoms with Crippen LogP contribution in [-0.4, -0.2) is 4.98 Å². The lowest BCUT2D eigenvalue weighted by molar-refractivity contribution is 1.39. The summed E-state index contributed by atoms with van der Waals surface area (Å²) in [7, 11) is 0. The Labute approximate surface area is 280 Å². The fourth-order valence-corrected chi connectivity index (χ4v) is 7.29. The number of para-hydroxylation sites is 1. The first kappa shape index (κ1) is 28.0. The molecule has 0 amide bonds. The van der Waals surface area contributed by atoms with E-state index in [0.717, 1.165) is 33.3 Å². The number of aromatic nitrogens is 1. The van der Waals surface area contributed by atoms with Crippen molar-refractivity contribution in [3.05, 3.63) is 188 Å². The quantitative estimate of drug-likeness (QED) is 0.177. The van der Waals surface area contributed by atoms with Crippen LogP contribution in [-0.2, 0) is 0 Å². The Morgan fingerprint density at radius 3 is 1.31 bits per heavy atom. The van der Waals surface area contributed by atoms with Gasteiger partial charge in [-0.25, -0.2) is 4.98 Å². The van der Waals surface area contributed by atoms with Crippen molar-refractivity contribution in [2.75, 3.05) is 0 Å². The molecule has 0 aliphatic heterocycles. The van der Waals surface area contributed by atoms with Crippen LogP contribution in [0.25, 0.3) is 88.2 Å². The maximum Gasteiger partial charge on any atom is 0.0794 e. The number of fused-ring (bicyclic) bond motifs is 3. The molecule has 0 saturated carbocycles. The summed E-state index contributed by atoms with van der Waals surface area (Å²) in [4.78, 5) is 5.36. The molecule has 0 radical (unpaired) electrons. The number of rotatable bonds is 5. The van der Waals surface area contributed by atoms with Crippen LogP contribution in [0.1, 0.15) is 0 Å². The Morgan fingerprint density at radius 2 is 0.708 bits per heavy atom. The van der Waals surface area contributed by atoms with Gasteiger partial charge in [-0.15, -0.1) is 0 Å². The number of hydrogen-bond acceptors (Lipinski definition) is 1. The molecule has 0 unspecified atom stereocenters. The first-order valence-corrected chi connectivity index (χ1v) is 16.5. The minimum Gasteiger partial charge on any atom is -0.247 e. The SMILES string of the molecule is c1ccc(-c2cc(-c3ccccc3)c3cccc(-c4cccc(-c5c6ccccc6c(-c6ccccc6)c6ccccc56)c4)c3n2)cc1. The van der Waals surface area contributed by atoms with Gasteiger partial charge in [0, 0.05) is 16.5 Å². The van der Waals surface area contributed by atoms with E-state index < -0.39 is 0 Å². The lowest BCUT2D eigenvalue weighted by Gasteiger charge is -2.18. The van der Waals surface area contributed by atoms with Gasteiger partial charge in [0.05, 0.1) is 11.2 Å². The molecule has 224 valence electrons. The van der Waals surface area contributed by atoms with E-state index in [9.17, 15) is 0 Å². The maximum atomic E-state index is 5.36. The third-order valence-electron chi connectivity index (χ3n) is 9.45. The predicted octanol–water partition coefficient (Wildman–Crippen LogP) is 12.9. The Balaban J connectivity index is 1.30. The van der Waals surface area contributed by atoms with E-state index in [1.165, 1.54) is 54.9 Å². The molecule has 1 aromatic heterocycles. The van der Waals surface area contributed by atoms with Crippen molar-refractivity contribution in [1.82, 2.24) is 4.98 Å². The summed E-state index contributed by atoms with van der Waals surface area (Å²) in [5.41, 5.74) is 12.7. The number of benzene rings is 8. The summed E-state index contributed by atoms with van der Waals surface area (Å²) in [6.07, 6.45) is 0. The van der Waals surface area contributed by atoms with E-state index in [4.69, 9.17) is 4.98 Å². The minimum atomic E-state index is 0.971. The normalized spacial score (nSPS) is 11.3. The number of nitrogens with zero attached hydrogens (tertiary/aromatic N) is 1. The molecule has 8 aromatic carbocycles. The summed E-state index contributed by atoms with van der Waals surface area (Å²) in [6, 6.07) is 67.5. The van der Waals surface area contributed by atoms with Crippen molar-refractivity contribution in [3.63, 3.8) is 0 Å². The second-order valence-corrected chi connectivity index (χ2v) is 12.3. The van der Waals surface area contributed by atoms with E-state index in [1.807, 2.05) is 0 Å². The highest BCUT2D eigenvalue weighted by Crippen LogP contribution is 2.45. The van der Waals surface area contributed by atoms with E-state index in [-0.39, 0.29) is 0 Å². The predicted molar refractivity (Wildman–Crippen MR) is 204 cm³/mol. The van der Waals surface area contributed by atoms with Crippen LogP contribution in [0.5, 0.6) is 0 Å². The van der Waals surface area contributed by atoms with Gasteiger partial charge in [0.1, 0.15) is 0 Å². The molecule has 1 nitrogen and oxygen atoms in total. The van der Waals surface area contributed by atoms with E-state index >= 15 is 0 Å². The van der Waals surface area contributed by atoms with Gasteiger partial charge < -0.3 is 0 Å². The van der Waals surface area contributed by atoms with Gasteiger partial charge in [0.15, 0.2) is 0 Å². The zero-order valence-corrected chi connectivity index (χ0v) is 26.3. The summed E-state index contributed by atoms with van der Waals surface area (Å²) in [5, 5.41) is 6.16. The molecule has 0 saturated heterocycles. The first-order valence-electron chi connectivity index (χ1n) is 16.5. The molecule has 0 atom stereocenters. The zero-order valence-electron chi connectivity index (χ0n) is 26.3. The van der Waals surface area contributed by atoms with Crippen molar-refractivity contribution >= 4 is 32.4 Å². The van der Waals surface area contributed by atoms with Gasteiger partial charge in [-0.1, -0.05) is 176 Å². The molecular formula is C47H31N. The number of pyridine rings is 1. The Kier molecular flexibility index (Phi) is 6.87. The van der Waals surface area contributed by atoms with Crippen molar-refractivity contribution in [2.45, 2.75) is 0 Å². The molecular weight excluding hydrogens is 579 g/mol. The molecule has 0 spiro atoms. The smallest absolute Gasteiger partial charge is 0.0794 e. The molecule has 0 aliphatic carbocycles. The van der Waals surface area contributed by atoms with Gasteiger partial charge in [0.2, 0.25) is 0 Å². The molecule has 0 aliphatic rings. The van der Waals surface area contributed by atoms with Crippen molar-refractivity contribution in [2.24, 2.45) is 0 Å². The molecule has 1 heteroatoms. The van der Waals surface area contributed by atoms with Crippen LogP contribution in [0.2, 0.25) is 0 Å². The van der Waals surface area contributed by atoms with E-state index in [2.05, 4.69) is 188 Å². The second-order valence-electron chi connectivity index (χ2n) is 12.3. The summed E-state index contributed by atoms with van der Waals surface area (Å²) in [6.45, 7) is 0. The third-order valence-corrected chi connectivity index (χ3v) is 9.45. The van der Waals surface area contributed by atoms with Gasteiger partial charge in [-0.3, -0.25) is 0 Å². The minimum absolute atomic E-state index is 0.971. The standard InChI is InChI=1S/C47H31N/c1-4-16-32(17-5-1)43-31-44(33-18-6-2-7-19-33)48-47-37(28-15-29-42(43)47)35-22-14-23-36(30-35)46-40-26-12-10-24-38(40)45(34-20-8-3-9-21-34)39-25-11-13-27-41(39)46/h1-31H. The summed E-state index contributed by atoms with van der Waals surface area (Å²) >= 11 is 0. The van der Waals surface area contributed by atoms with Crippen molar-refractivity contribution < 1.29 is 0 Å². The summed E-state index contributed by atoms with van der Waals surface area (Å²) < 4.78 is 0. The van der Waals surface area contributed by atoms with Crippen LogP contribution in [0, 0.1) is 0 Å². The lowest BCUT2D eigenvalue weighted by atomic mass is 9.85. The Morgan fingerprint density at radius 1 is 0.271 bits per heavy atom. The van der Waals surface area contributed by atoms with E-state index in [1.54, 1.807) is 0 Å². The van der Waals surface area contributed by atoms with Crippen molar-refractivity contribution in [1.29, 1.82) is 0 Å². The van der Waals surface area contributed by atoms with Crippen LogP contribution in [0.3, 0.4) is 0 Å². The molecule has 0 bridgehead atoms. The topological polar surface area (TPSA) is 12.9 Å². The van der Waals surface area contributed by atoms with Gasteiger partial charge in [-0.05, 0) is 72.6 Å². The van der Waals surface area contributed by atoms with Crippen LogP contribution < -0.4 is 0 Å². The molecule has 0 fully saturated rings. The molecule has 9 aromatic rings. The monoisotopic (exact) mass is 609 g/mol. The Hall–Kier alpha value is -6.31. The first-order chi connectivity index (χ1) is 23.8. The Bertz CT molecular complexity index is 2530. The van der Waals surface area contributed by atoms with Gasteiger partial charge in [-0.2, -0.15) is 0 Å². The highest BCUT2D eigenvalue weighted by Gasteiger charge is 2.18. The highest BCUT2D eigenvalue weighted by molar-refractivity contribution is 6.21. The lowest BCUT2D eigenvalue weighted by Crippen LogP contribution is -1.93. The van der Waals surface area contributed by atoms with Gasteiger partial charge in [0.25, 0.3) is 0 Å². The second kappa shape index (κ2) is 11.8. The summed E-state index contributed by atoms with van der Waals surface area (Å²) in [5.74, 6) is 0. The van der Waals surface area contributed by atoms with Crippen LogP contribution in [0.15, 0.2) is 188 Å². The molecule has 48 heavy (non-hydrogen) atoms. The highest BCUT2D eigenvalue weighted by atomic mass is 14.7. The van der Waals surface area contributed by atoms with Crippen LogP contribution in [0.4, 0.5) is 0 Å². The fraction of sp³-hybridized carbons (Fsp3) is 0. The molecule has 1 heterocycles. The van der Waals surface area contributed by atoms with Crippen LogP contribution >= 0.6 is 0 Å².